The number of nitrogens with zero attached hydrogens (tertiary/aromatic N) is 7. The van der Waals surface area contributed by atoms with Gasteiger partial charge in [-0.2, -0.15) is 0 Å². The molecule has 0 N–H and O–H groups in total. The number of carbonyl (C=O) groups excluding carboxylic acids is 4. The number of pyridine rings is 1. The molecule has 3 fully saturated rings. The Kier molecular flexibility index (Phi) is 22.9. The molecule has 3 aliphatic heterocycles. The second-order valence-electron chi connectivity index (χ2n) is 19.3. The number of likely N-dealkylation sites (N-methyl/N-ethyl adjacent to an activating group) is 1. The number of esters is 3. The lowest BCUT2D eigenvalue weighted by Crippen LogP contribution is -2.61. The molecule has 4 rings (SSSR count). The van der Waals surface area contributed by atoms with Crippen LogP contribution in [0.15, 0.2) is 29.6 Å². The van der Waals surface area contributed by atoms with E-state index in [1.165, 1.54) is 7.11 Å². The Morgan fingerprint density at radius 3 is 2.37 bits per heavy atom. The van der Waals surface area contributed by atoms with Crippen molar-refractivity contribution in [2.24, 2.45) is 22.9 Å². The normalized spacial score (nSPS) is 33.3. The van der Waals surface area contributed by atoms with Crippen LogP contribution >= 0.6 is 8.46 Å². The number of carbonyl (C=O) groups is 4. The molecule has 0 radical (unpaired) electrons. The fourth-order valence-corrected chi connectivity index (χ4v) is 10.3. The maximum Gasteiger partial charge on any atom is 0.410 e. The van der Waals surface area contributed by atoms with Gasteiger partial charge in [0.15, 0.2) is 20.4 Å². The lowest BCUT2D eigenvalue weighted by Gasteiger charge is -2.46. The number of amides is 1. The van der Waals surface area contributed by atoms with Gasteiger partial charge in [0.1, 0.15) is 17.9 Å². The van der Waals surface area contributed by atoms with Crippen LogP contribution in [0.5, 0.6) is 0 Å². The number of hydrogen-bond acceptors (Lipinski definition) is 16. The Morgan fingerprint density at radius 2 is 1.82 bits per heavy atom. The minimum atomic E-state index is -1.26. The van der Waals surface area contributed by atoms with E-state index >= 15 is 0 Å². The van der Waals surface area contributed by atoms with Gasteiger partial charge in [-0.05, 0) is 111 Å². The Bertz CT molecular complexity index is 1810. The molecule has 67 heavy (non-hydrogen) atoms. The van der Waals surface area contributed by atoms with Gasteiger partial charge in [0.05, 0.1) is 49.2 Å². The summed E-state index contributed by atoms with van der Waals surface area (Å²) in [6.45, 7) is 18.3. The monoisotopic (exact) mass is 964 g/mol. The minimum absolute atomic E-state index is 0.00463. The smallest absolute Gasteiger partial charge is 0.410 e. The number of aromatic nitrogens is 1. The summed E-state index contributed by atoms with van der Waals surface area (Å²) in [6, 6.07) is 2.59. The predicted molar refractivity (Wildman–Crippen MR) is 251 cm³/mol. The number of azide groups is 1. The fraction of sp³-hybridized carbons (Fsp3) is 0.809. The molecule has 3 saturated heterocycles. The number of methoxy groups -OCH3 is 2. The number of fused-ring (bicyclic) bond motifs is 1. The Morgan fingerprint density at radius 1 is 1.12 bits per heavy atom. The van der Waals surface area contributed by atoms with Crippen LogP contribution in [0.25, 0.3) is 10.4 Å². The van der Waals surface area contributed by atoms with Crippen LogP contribution in [-0.2, 0) is 58.5 Å². The number of rotatable bonds is 15. The lowest BCUT2D eigenvalue weighted by atomic mass is 9.82. The van der Waals surface area contributed by atoms with E-state index in [1.807, 2.05) is 60.7 Å². The molecule has 13 atom stereocenters. The third-order valence-corrected chi connectivity index (χ3v) is 14.3. The first-order chi connectivity index (χ1) is 31.6. The Labute approximate surface area is 399 Å². The summed E-state index contributed by atoms with van der Waals surface area (Å²) < 4.78 is 55.9. The van der Waals surface area contributed by atoms with Crippen molar-refractivity contribution in [3.05, 3.63) is 40.5 Å². The van der Waals surface area contributed by atoms with Gasteiger partial charge in [-0.15, -0.1) is 0 Å². The SMILES string of the molecule is CC[C@H]1OC(=O)[C@H](C)C(OC(=O)Cc2cccnc2)C[C@@H](O[C@@H]2O[C@H](C)CC(N(C)C)C2P=O)[C@](C)(OC)C[C@@H](C)CN(C)[C@H](C)[C@H]2N(CCCCN=[N+]=[N-])C(=O)O[C@]12C.COC(=O)C(C)C. The van der Waals surface area contributed by atoms with Gasteiger partial charge < -0.3 is 43.0 Å². The van der Waals surface area contributed by atoms with E-state index in [-0.39, 0.29) is 57.3 Å². The van der Waals surface area contributed by atoms with Gasteiger partial charge in [-0.25, -0.2) is 4.79 Å². The van der Waals surface area contributed by atoms with Crippen molar-refractivity contribution < 1.29 is 56.9 Å². The molecule has 378 valence electrons. The number of ether oxygens (including phenoxy) is 7. The highest BCUT2D eigenvalue weighted by Crippen LogP contribution is 2.42. The largest absolute Gasteiger partial charge is 0.469 e. The molecule has 4 heterocycles. The molecule has 1 amide bonds. The summed E-state index contributed by atoms with van der Waals surface area (Å²) in [5.41, 5.74) is 6.59. The maximum absolute atomic E-state index is 14.5. The molecule has 19 nitrogen and oxygen atoms in total. The minimum Gasteiger partial charge on any atom is -0.469 e. The molecule has 3 unspecified atom stereocenters. The van der Waals surface area contributed by atoms with Crippen molar-refractivity contribution in [2.75, 3.05) is 55.0 Å². The zero-order chi connectivity index (χ0) is 50.2. The maximum atomic E-state index is 14.5. The van der Waals surface area contributed by atoms with Crippen LogP contribution < -0.4 is 0 Å². The Balaban J connectivity index is 0.00000157. The molecular weight excluding hydrogens is 886 g/mol. The van der Waals surface area contributed by atoms with Gasteiger partial charge in [0, 0.05) is 62.6 Å². The van der Waals surface area contributed by atoms with Gasteiger partial charge in [-0.1, -0.05) is 38.9 Å². The second kappa shape index (κ2) is 26.7. The highest BCUT2D eigenvalue weighted by Gasteiger charge is 2.59. The summed E-state index contributed by atoms with van der Waals surface area (Å²) in [5.74, 6) is -2.39. The number of unbranched alkanes of at least 4 members (excludes halogenated alkanes) is 1. The molecule has 0 bridgehead atoms. The summed E-state index contributed by atoms with van der Waals surface area (Å²) in [4.78, 5) is 65.3. The van der Waals surface area contributed by atoms with Crippen molar-refractivity contribution in [1.29, 1.82) is 0 Å². The van der Waals surface area contributed by atoms with Crippen molar-refractivity contribution in [2.45, 2.75) is 173 Å². The average molecular weight is 964 g/mol. The van der Waals surface area contributed by atoms with Crippen LogP contribution in [0, 0.1) is 17.8 Å². The van der Waals surface area contributed by atoms with E-state index < -0.39 is 71.5 Å². The van der Waals surface area contributed by atoms with Gasteiger partial charge in [0.2, 0.25) is 0 Å². The first-order valence-corrected chi connectivity index (χ1v) is 24.4. The third-order valence-electron chi connectivity index (χ3n) is 13.5. The van der Waals surface area contributed by atoms with Crippen molar-refractivity contribution in [1.82, 2.24) is 19.7 Å². The molecule has 1 aromatic rings. The average Bonchev–Trinajstić information content (AvgIpc) is 3.54. The molecule has 20 heteroatoms. The first kappa shape index (κ1) is 57.4. The molecule has 0 aromatic carbocycles. The van der Waals surface area contributed by atoms with Gasteiger partial charge in [0.25, 0.3) is 0 Å². The van der Waals surface area contributed by atoms with E-state index in [2.05, 4.69) is 31.6 Å². The van der Waals surface area contributed by atoms with E-state index in [0.29, 0.717) is 57.3 Å². The number of cyclic esters (lactones) is 1. The van der Waals surface area contributed by atoms with Crippen molar-refractivity contribution >= 4 is 32.5 Å². The van der Waals surface area contributed by atoms with Crippen LogP contribution in [0.4, 0.5) is 4.79 Å². The molecule has 0 spiro atoms. The summed E-state index contributed by atoms with van der Waals surface area (Å²) in [7, 11) is 8.74. The molecule has 0 saturated carbocycles. The molecular formula is C47H78N7O12P. The highest BCUT2D eigenvalue weighted by atomic mass is 31.1. The van der Waals surface area contributed by atoms with E-state index in [4.69, 9.17) is 34.0 Å². The Hall–Kier alpha value is -3.96. The van der Waals surface area contributed by atoms with E-state index in [9.17, 15) is 23.7 Å². The zero-order valence-electron chi connectivity index (χ0n) is 42.3. The van der Waals surface area contributed by atoms with Crippen LogP contribution in [0.1, 0.15) is 106 Å². The second-order valence-corrected chi connectivity index (χ2v) is 20.1. The van der Waals surface area contributed by atoms with Gasteiger partial charge >= 0.3 is 24.0 Å². The highest BCUT2D eigenvalue weighted by molar-refractivity contribution is 7.25. The topological polar surface area (TPSA) is 221 Å². The molecule has 1 aromatic heterocycles. The number of hydrogen-bond donors (Lipinski definition) is 0. The van der Waals surface area contributed by atoms with E-state index in [1.54, 1.807) is 57.3 Å². The summed E-state index contributed by atoms with van der Waals surface area (Å²) >= 11 is 0. The van der Waals surface area contributed by atoms with Crippen molar-refractivity contribution in [3.63, 3.8) is 0 Å². The summed E-state index contributed by atoms with van der Waals surface area (Å²) in [6.07, 6.45) is 1.34. The molecule has 0 aliphatic carbocycles. The van der Waals surface area contributed by atoms with E-state index in [0.717, 1.165) is 0 Å². The lowest BCUT2D eigenvalue weighted by molar-refractivity contribution is -0.258. The van der Waals surface area contributed by atoms with Crippen LogP contribution in [-0.4, -0.2) is 164 Å². The third kappa shape index (κ3) is 15.5. The standard InChI is InChI=1S/C42H68N7O10P.C5H10O2/c1-12-33-42(7)37(49(40(52)59-42)19-14-13-18-45-46-43)29(5)48(10)25-26(2)23-41(6,54-11)34(58-39-36(60-53)31(47(8)9)20-27(3)55-39)22-32(28(4)38(51)57-33)56-35(50)21-30-16-15-17-44-24-30;1-4(2)5(6)7-3/h15-17,24,26-29,31-34,36-37,39H,12-14,18-23,25H2,1-11H3;4H,1-3H3/t26-,27-,28-,29-,31?,32?,33-,34-,36?,37-,39+,41-,42-;/m1./s1. The first-order valence-electron chi connectivity index (χ1n) is 23.5. The van der Waals surface area contributed by atoms with Crippen LogP contribution in [0.2, 0.25) is 0 Å². The summed E-state index contributed by atoms with van der Waals surface area (Å²) in [5, 5.41) is 3.65. The fourth-order valence-electron chi connectivity index (χ4n) is 9.54. The zero-order valence-corrected chi connectivity index (χ0v) is 43.2. The molecule has 3 aliphatic rings. The predicted octanol–water partition coefficient (Wildman–Crippen LogP) is 7.25. The van der Waals surface area contributed by atoms with Gasteiger partial charge in [-0.3, -0.25) is 28.8 Å². The van der Waals surface area contributed by atoms with Crippen molar-refractivity contribution in [3.8, 4) is 0 Å². The quantitative estimate of drug-likeness (QED) is 0.0321. The van der Waals surface area contributed by atoms with Crippen LogP contribution in [0.3, 0.4) is 0 Å².